The monoisotopic (exact) mass is 190 g/mol. The molecular formula is C12H18N2. The van der Waals surface area contributed by atoms with Crippen molar-refractivity contribution in [3.05, 3.63) is 41.2 Å². The van der Waals surface area contributed by atoms with E-state index in [1.54, 1.807) is 0 Å². The van der Waals surface area contributed by atoms with Gasteiger partial charge in [-0.2, -0.15) is 0 Å². The zero-order valence-electron chi connectivity index (χ0n) is 9.17. The second-order valence-electron chi connectivity index (χ2n) is 3.98. The lowest BCUT2D eigenvalue weighted by Gasteiger charge is -2.13. The Kier molecular flexibility index (Phi) is 3.42. The van der Waals surface area contributed by atoms with Gasteiger partial charge in [0.15, 0.2) is 0 Å². The van der Waals surface area contributed by atoms with E-state index in [1.807, 2.05) is 27.0 Å². The molecule has 0 saturated heterocycles. The fourth-order valence-corrected chi connectivity index (χ4v) is 1.59. The minimum atomic E-state index is -0.0203. The number of aryl methyl sites for hydroxylation is 2. The van der Waals surface area contributed by atoms with E-state index < -0.39 is 0 Å². The van der Waals surface area contributed by atoms with E-state index >= 15 is 0 Å². The fraction of sp³-hybridized carbons (Fsp3) is 0.417. The van der Waals surface area contributed by atoms with Crippen LogP contribution < -0.4 is 5.73 Å². The van der Waals surface area contributed by atoms with Gasteiger partial charge in [-0.05, 0) is 38.3 Å². The summed E-state index contributed by atoms with van der Waals surface area (Å²) >= 11 is 0. The molecule has 1 aromatic rings. The van der Waals surface area contributed by atoms with Crippen LogP contribution in [0, 0.1) is 13.8 Å². The second kappa shape index (κ2) is 4.38. The first-order valence-electron chi connectivity index (χ1n) is 4.84. The predicted molar refractivity (Wildman–Crippen MR) is 60.1 cm³/mol. The first-order valence-corrected chi connectivity index (χ1v) is 4.84. The van der Waals surface area contributed by atoms with Crippen molar-refractivity contribution in [2.75, 3.05) is 0 Å². The van der Waals surface area contributed by atoms with Crippen LogP contribution in [0.1, 0.15) is 36.2 Å². The van der Waals surface area contributed by atoms with Gasteiger partial charge in [0.1, 0.15) is 0 Å². The smallest absolute Gasteiger partial charge is 0.0603 e. The van der Waals surface area contributed by atoms with Crippen molar-refractivity contribution in [1.29, 1.82) is 0 Å². The Hall–Kier alpha value is -1.15. The average Bonchev–Trinajstić information content (AvgIpc) is 2.01. The van der Waals surface area contributed by atoms with Crippen LogP contribution in [0.5, 0.6) is 0 Å². The van der Waals surface area contributed by atoms with E-state index in [-0.39, 0.29) is 6.04 Å². The van der Waals surface area contributed by atoms with Gasteiger partial charge in [-0.15, -0.1) is 6.58 Å². The molecule has 0 saturated carbocycles. The summed E-state index contributed by atoms with van der Waals surface area (Å²) in [7, 11) is 0. The summed E-state index contributed by atoms with van der Waals surface area (Å²) in [6.45, 7) is 9.93. The molecule has 0 aliphatic heterocycles. The van der Waals surface area contributed by atoms with Crippen molar-refractivity contribution in [3.63, 3.8) is 0 Å². The molecular weight excluding hydrogens is 172 g/mol. The number of hydrogen-bond acceptors (Lipinski definition) is 2. The standard InChI is InChI=1S/C12H18N2/c1-8(2)5-11(13)12-10(4)6-9(3)7-14-12/h6-7,11H,1,5,13H2,2-4H3. The molecule has 0 amide bonds. The highest BCUT2D eigenvalue weighted by Crippen LogP contribution is 2.19. The highest BCUT2D eigenvalue weighted by molar-refractivity contribution is 5.26. The van der Waals surface area contributed by atoms with Crippen LogP contribution in [-0.2, 0) is 0 Å². The van der Waals surface area contributed by atoms with Gasteiger partial charge in [0, 0.05) is 6.20 Å². The quantitative estimate of drug-likeness (QED) is 0.744. The van der Waals surface area contributed by atoms with Crippen molar-refractivity contribution >= 4 is 0 Å². The fourth-order valence-electron chi connectivity index (χ4n) is 1.59. The van der Waals surface area contributed by atoms with Crippen LogP contribution in [0.4, 0.5) is 0 Å². The van der Waals surface area contributed by atoms with Gasteiger partial charge >= 0.3 is 0 Å². The number of nitrogens with zero attached hydrogens (tertiary/aromatic N) is 1. The Morgan fingerprint density at radius 1 is 1.57 bits per heavy atom. The van der Waals surface area contributed by atoms with Crippen molar-refractivity contribution in [2.45, 2.75) is 33.2 Å². The molecule has 0 radical (unpaired) electrons. The third-order valence-electron chi connectivity index (χ3n) is 2.18. The largest absolute Gasteiger partial charge is 0.322 e. The van der Waals surface area contributed by atoms with Crippen LogP contribution in [0.25, 0.3) is 0 Å². The Labute approximate surface area is 85.9 Å². The minimum Gasteiger partial charge on any atom is -0.322 e. The summed E-state index contributed by atoms with van der Waals surface area (Å²) in [5, 5.41) is 0. The Morgan fingerprint density at radius 3 is 2.71 bits per heavy atom. The Balaban J connectivity index is 2.90. The predicted octanol–water partition coefficient (Wildman–Crippen LogP) is 2.66. The van der Waals surface area contributed by atoms with E-state index in [4.69, 9.17) is 5.73 Å². The summed E-state index contributed by atoms with van der Waals surface area (Å²) in [4.78, 5) is 4.36. The molecule has 1 rings (SSSR count). The highest BCUT2D eigenvalue weighted by Gasteiger charge is 2.10. The number of nitrogens with two attached hydrogens (primary N) is 1. The van der Waals surface area contributed by atoms with Crippen LogP contribution in [0.3, 0.4) is 0 Å². The van der Waals surface area contributed by atoms with Crippen molar-refractivity contribution in [2.24, 2.45) is 5.73 Å². The number of aromatic nitrogens is 1. The molecule has 1 aromatic heterocycles. The summed E-state index contributed by atoms with van der Waals surface area (Å²) in [5.74, 6) is 0. The van der Waals surface area contributed by atoms with E-state index in [0.29, 0.717) is 0 Å². The molecule has 0 spiro atoms. The molecule has 1 unspecified atom stereocenters. The van der Waals surface area contributed by atoms with Gasteiger partial charge in [0.25, 0.3) is 0 Å². The van der Waals surface area contributed by atoms with Crippen molar-refractivity contribution in [1.82, 2.24) is 4.98 Å². The summed E-state index contributed by atoms with van der Waals surface area (Å²) in [5.41, 5.74) is 10.4. The maximum atomic E-state index is 6.02. The molecule has 1 heterocycles. The molecule has 0 fully saturated rings. The summed E-state index contributed by atoms with van der Waals surface area (Å²) in [6.07, 6.45) is 2.66. The van der Waals surface area contributed by atoms with E-state index in [9.17, 15) is 0 Å². The lowest BCUT2D eigenvalue weighted by Crippen LogP contribution is -2.14. The summed E-state index contributed by atoms with van der Waals surface area (Å²) < 4.78 is 0. The molecule has 14 heavy (non-hydrogen) atoms. The number of hydrogen-bond donors (Lipinski definition) is 1. The van der Waals surface area contributed by atoms with E-state index in [2.05, 4.69) is 17.6 Å². The lowest BCUT2D eigenvalue weighted by atomic mass is 10.0. The zero-order chi connectivity index (χ0) is 10.7. The second-order valence-corrected chi connectivity index (χ2v) is 3.98. The maximum absolute atomic E-state index is 6.02. The minimum absolute atomic E-state index is 0.0203. The molecule has 2 nitrogen and oxygen atoms in total. The normalized spacial score (nSPS) is 12.6. The van der Waals surface area contributed by atoms with Gasteiger partial charge in [0.05, 0.1) is 11.7 Å². The molecule has 2 heteroatoms. The van der Waals surface area contributed by atoms with E-state index in [1.165, 1.54) is 11.1 Å². The van der Waals surface area contributed by atoms with Crippen LogP contribution >= 0.6 is 0 Å². The first kappa shape index (κ1) is 10.9. The van der Waals surface area contributed by atoms with Gasteiger partial charge in [0.2, 0.25) is 0 Å². The average molecular weight is 190 g/mol. The number of rotatable bonds is 3. The van der Waals surface area contributed by atoms with Gasteiger partial charge in [-0.25, -0.2) is 0 Å². The van der Waals surface area contributed by atoms with Crippen LogP contribution in [0.15, 0.2) is 24.4 Å². The summed E-state index contributed by atoms with van der Waals surface area (Å²) in [6, 6.07) is 2.09. The first-order chi connectivity index (χ1) is 6.50. The third-order valence-corrected chi connectivity index (χ3v) is 2.18. The van der Waals surface area contributed by atoms with Gasteiger partial charge < -0.3 is 5.73 Å². The third kappa shape index (κ3) is 2.67. The van der Waals surface area contributed by atoms with Crippen molar-refractivity contribution in [3.8, 4) is 0 Å². The van der Waals surface area contributed by atoms with Crippen LogP contribution in [-0.4, -0.2) is 4.98 Å². The zero-order valence-corrected chi connectivity index (χ0v) is 9.17. The molecule has 0 bridgehead atoms. The molecule has 76 valence electrons. The lowest BCUT2D eigenvalue weighted by molar-refractivity contribution is 0.686. The van der Waals surface area contributed by atoms with E-state index in [0.717, 1.165) is 17.7 Å². The topological polar surface area (TPSA) is 38.9 Å². The number of pyridine rings is 1. The SMILES string of the molecule is C=C(C)CC(N)c1ncc(C)cc1C. The van der Waals surface area contributed by atoms with Crippen LogP contribution in [0.2, 0.25) is 0 Å². The van der Waals surface area contributed by atoms with Crippen molar-refractivity contribution < 1.29 is 0 Å². The molecule has 1 atom stereocenters. The molecule has 0 aliphatic rings. The van der Waals surface area contributed by atoms with Gasteiger partial charge in [-0.3, -0.25) is 4.98 Å². The molecule has 0 aromatic carbocycles. The Morgan fingerprint density at radius 2 is 2.21 bits per heavy atom. The molecule has 0 aliphatic carbocycles. The molecule has 2 N–H and O–H groups in total. The van der Waals surface area contributed by atoms with Gasteiger partial charge in [-0.1, -0.05) is 11.6 Å². The maximum Gasteiger partial charge on any atom is 0.0603 e. The highest BCUT2D eigenvalue weighted by atomic mass is 14.8. The Bertz CT molecular complexity index is 342.